The quantitative estimate of drug-likeness (QED) is 0.266. The minimum absolute atomic E-state index is 0.103. The second-order valence-electron chi connectivity index (χ2n) is 6.14. The van der Waals surface area contributed by atoms with Crippen molar-refractivity contribution >= 4 is 29.1 Å². The number of nitrogens with one attached hydrogen (secondary N) is 1. The lowest BCUT2D eigenvalue weighted by Gasteiger charge is -2.15. The van der Waals surface area contributed by atoms with Crippen LogP contribution in [-0.4, -0.2) is 31.5 Å². The first kappa shape index (κ1) is 19.2. The highest BCUT2D eigenvalue weighted by atomic mass is 16.5. The van der Waals surface area contributed by atoms with Gasteiger partial charge >= 0.3 is 5.97 Å². The molecule has 9 heteroatoms. The van der Waals surface area contributed by atoms with E-state index >= 15 is 0 Å². The Labute approximate surface area is 161 Å². The third-order valence-corrected chi connectivity index (χ3v) is 4.23. The minimum Gasteiger partial charge on any atom is -0.463 e. The number of benzene rings is 1. The lowest BCUT2D eigenvalue weighted by atomic mass is 9.98. The number of carbonyl (C=O) groups is 1. The average molecular weight is 380 g/mol. The number of nitrogens with two attached hydrogens (primary N) is 1. The molecular weight excluding hydrogens is 360 g/mol. The number of fused-ring (bicyclic) bond motifs is 1. The highest BCUT2D eigenvalue weighted by Crippen LogP contribution is 2.31. The number of esters is 1. The molecule has 9 nitrogen and oxygen atoms in total. The highest BCUT2D eigenvalue weighted by molar-refractivity contribution is 6.03. The van der Waals surface area contributed by atoms with Gasteiger partial charge < -0.3 is 15.9 Å². The third kappa shape index (κ3) is 4.37. The van der Waals surface area contributed by atoms with Crippen LogP contribution in [0.15, 0.2) is 62.1 Å². The summed E-state index contributed by atoms with van der Waals surface area (Å²) >= 11 is 0. The molecule has 0 aliphatic carbocycles. The summed E-state index contributed by atoms with van der Waals surface area (Å²) < 4.78 is 5.11. The van der Waals surface area contributed by atoms with Gasteiger partial charge in [0.1, 0.15) is 6.54 Å². The molecule has 0 radical (unpaired) electrons. The molecule has 0 unspecified atom stereocenters. The van der Waals surface area contributed by atoms with E-state index in [0.717, 1.165) is 22.3 Å². The number of carbonyl (C=O) groups excluding carboxylic acids is 1. The fourth-order valence-corrected chi connectivity index (χ4v) is 2.99. The summed E-state index contributed by atoms with van der Waals surface area (Å²) in [6.45, 7) is 2.74. The number of nitrogens with zero attached hydrogens (tertiary/aromatic N) is 4. The Kier molecular flexibility index (Phi) is 6.05. The fraction of sp³-hybridized carbons (Fsp3) is 0.263. The van der Waals surface area contributed by atoms with E-state index in [0.29, 0.717) is 23.6 Å². The van der Waals surface area contributed by atoms with Gasteiger partial charge in [0.2, 0.25) is 0 Å². The van der Waals surface area contributed by atoms with Crippen LogP contribution in [0.5, 0.6) is 0 Å². The lowest BCUT2D eigenvalue weighted by Crippen LogP contribution is -2.15. The Morgan fingerprint density at radius 1 is 1.36 bits per heavy atom. The second-order valence-corrected chi connectivity index (χ2v) is 6.14. The van der Waals surface area contributed by atoms with Gasteiger partial charge in [-0.1, -0.05) is 22.5 Å². The van der Waals surface area contributed by atoms with Crippen LogP contribution < -0.4 is 11.2 Å². The molecule has 0 saturated carbocycles. The predicted molar refractivity (Wildman–Crippen MR) is 107 cm³/mol. The summed E-state index contributed by atoms with van der Waals surface area (Å²) in [6.07, 6.45) is 5.63. The molecule has 0 saturated heterocycles. The van der Waals surface area contributed by atoms with Gasteiger partial charge in [0.05, 0.1) is 12.3 Å². The summed E-state index contributed by atoms with van der Waals surface area (Å²) in [5.41, 5.74) is 4.58. The summed E-state index contributed by atoms with van der Waals surface area (Å²) in [4.78, 5) is 27.3. The Hall–Kier alpha value is -3.62. The molecule has 2 heterocycles. The number of hydrogen-bond acceptors (Lipinski definition) is 8. The fourth-order valence-electron chi connectivity index (χ4n) is 2.99. The summed E-state index contributed by atoms with van der Waals surface area (Å²) in [6, 6.07) is 5.72. The van der Waals surface area contributed by atoms with Crippen LogP contribution in [0.1, 0.15) is 24.5 Å². The standard InChI is InChI=1S/C19H20N6O3/c1-2-28-19(26)15-6-14-4-3-13(7-17(14)23-18(8-15)24-25-20)16-5-12(10-22-27)9-21-11-16/h3-7,9,21H,2,8,10-11H2,1H3,(H2,20,23,24). The Bertz CT molecular complexity index is 943. The van der Waals surface area contributed by atoms with Crippen LogP contribution in [0.4, 0.5) is 5.69 Å². The molecular formula is C19H20N6O3. The van der Waals surface area contributed by atoms with Crippen LogP contribution in [-0.2, 0) is 9.53 Å². The van der Waals surface area contributed by atoms with Crippen molar-refractivity contribution in [3.63, 3.8) is 0 Å². The molecule has 3 rings (SSSR count). The first-order valence-corrected chi connectivity index (χ1v) is 8.77. The second kappa shape index (κ2) is 8.85. The molecule has 0 amide bonds. The van der Waals surface area contributed by atoms with E-state index in [4.69, 9.17) is 10.6 Å². The third-order valence-electron chi connectivity index (χ3n) is 4.23. The number of ether oxygens (including phenoxy) is 1. The Morgan fingerprint density at radius 3 is 2.96 bits per heavy atom. The van der Waals surface area contributed by atoms with E-state index in [1.807, 2.05) is 24.3 Å². The van der Waals surface area contributed by atoms with Crippen LogP contribution in [0.25, 0.3) is 11.6 Å². The van der Waals surface area contributed by atoms with Gasteiger partial charge in [0.25, 0.3) is 0 Å². The van der Waals surface area contributed by atoms with E-state index in [1.54, 1.807) is 19.2 Å². The largest absolute Gasteiger partial charge is 0.463 e. The van der Waals surface area contributed by atoms with Gasteiger partial charge in [0, 0.05) is 30.3 Å². The molecule has 28 heavy (non-hydrogen) atoms. The van der Waals surface area contributed by atoms with Crippen LogP contribution >= 0.6 is 0 Å². The topological polar surface area (TPSA) is 131 Å². The number of dihydropyridines is 1. The zero-order chi connectivity index (χ0) is 19.9. The molecule has 1 aromatic carbocycles. The van der Waals surface area contributed by atoms with E-state index in [1.165, 1.54) is 0 Å². The van der Waals surface area contributed by atoms with Crippen molar-refractivity contribution in [1.82, 2.24) is 5.32 Å². The Morgan fingerprint density at radius 2 is 2.21 bits per heavy atom. The predicted octanol–water partition coefficient (Wildman–Crippen LogP) is 3.03. The molecule has 1 aromatic rings. The van der Waals surface area contributed by atoms with Crippen molar-refractivity contribution in [2.24, 2.45) is 26.3 Å². The molecule has 0 spiro atoms. The van der Waals surface area contributed by atoms with Crippen molar-refractivity contribution in [2.75, 3.05) is 19.7 Å². The van der Waals surface area contributed by atoms with Crippen LogP contribution in [0.3, 0.4) is 0 Å². The van der Waals surface area contributed by atoms with Crippen LogP contribution in [0.2, 0.25) is 0 Å². The molecule has 0 atom stereocenters. The van der Waals surface area contributed by atoms with Gasteiger partial charge in [-0.15, -0.1) is 5.11 Å². The van der Waals surface area contributed by atoms with Gasteiger partial charge in [0.15, 0.2) is 5.84 Å². The summed E-state index contributed by atoms with van der Waals surface area (Å²) in [5.74, 6) is 5.08. The zero-order valence-electron chi connectivity index (χ0n) is 15.4. The number of rotatable bonds is 5. The highest BCUT2D eigenvalue weighted by Gasteiger charge is 2.19. The first-order chi connectivity index (χ1) is 13.6. The first-order valence-electron chi connectivity index (χ1n) is 8.77. The van der Waals surface area contributed by atoms with Gasteiger partial charge in [-0.25, -0.2) is 9.79 Å². The summed E-state index contributed by atoms with van der Waals surface area (Å²) in [7, 11) is 0. The zero-order valence-corrected chi connectivity index (χ0v) is 15.4. The van der Waals surface area contributed by atoms with E-state index in [-0.39, 0.29) is 19.6 Å². The number of hydrogen-bond donors (Lipinski definition) is 2. The SMILES string of the molecule is CCOC(=O)C1=Cc2ccc(C3=CC(CN=O)=CNC3)cc2N=C(N=NN)C1. The van der Waals surface area contributed by atoms with E-state index in [2.05, 4.69) is 25.8 Å². The smallest absolute Gasteiger partial charge is 0.334 e. The number of nitroso groups, excluding NO2 is 1. The van der Waals surface area contributed by atoms with Crippen molar-refractivity contribution in [3.8, 4) is 0 Å². The molecule has 0 aromatic heterocycles. The summed E-state index contributed by atoms with van der Waals surface area (Å²) in [5, 5.41) is 13.2. The maximum Gasteiger partial charge on any atom is 0.334 e. The maximum absolute atomic E-state index is 12.2. The minimum atomic E-state index is -0.422. The molecule has 2 aliphatic rings. The molecule has 0 bridgehead atoms. The Balaban J connectivity index is 2.02. The number of amidine groups is 1. The van der Waals surface area contributed by atoms with E-state index in [9.17, 15) is 9.70 Å². The van der Waals surface area contributed by atoms with Gasteiger partial charge in [-0.3, -0.25) is 0 Å². The van der Waals surface area contributed by atoms with Crippen LogP contribution in [0, 0.1) is 4.91 Å². The molecule has 3 N–H and O–H groups in total. The molecule has 0 fully saturated rings. The number of aliphatic imine (C=N–C) groups is 1. The van der Waals surface area contributed by atoms with Crippen molar-refractivity contribution in [2.45, 2.75) is 13.3 Å². The van der Waals surface area contributed by atoms with Crippen molar-refractivity contribution in [1.29, 1.82) is 0 Å². The average Bonchev–Trinajstić information content (AvgIpc) is 2.87. The van der Waals surface area contributed by atoms with E-state index < -0.39 is 5.97 Å². The van der Waals surface area contributed by atoms with Gasteiger partial charge in [-0.2, -0.15) is 4.91 Å². The van der Waals surface area contributed by atoms with Crippen molar-refractivity contribution in [3.05, 3.63) is 57.7 Å². The normalized spacial score (nSPS) is 16.0. The molecule has 2 aliphatic heterocycles. The maximum atomic E-state index is 12.2. The lowest BCUT2D eigenvalue weighted by molar-refractivity contribution is -0.138. The monoisotopic (exact) mass is 380 g/mol. The molecule has 144 valence electrons. The van der Waals surface area contributed by atoms with Gasteiger partial charge in [-0.05, 0) is 41.9 Å². The van der Waals surface area contributed by atoms with Crippen molar-refractivity contribution < 1.29 is 9.53 Å².